The molecule has 1 aliphatic heterocycles. The molecule has 0 aliphatic carbocycles. The molecule has 1 aromatic rings. The lowest BCUT2D eigenvalue weighted by Gasteiger charge is -2.29. The number of aromatic nitrogens is 1. The molecule has 2 rings (SSSR count). The van der Waals surface area contributed by atoms with Crippen LogP contribution >= 0.6 is 11.3 Å². The number of hydrogen-bond donors (Lipinski definition) is 1. The summed E-state index contributed by atoms with van der Waals surface area (Å²) < 4.78 is 28.4. The zero-order valence-corrected chi connectivity index (χ0v) is 12.4. The van der Waals surface area contributed by atoms with E-state index in [4.69, 9.17) is 0 Å². The van der Waals surface area contributed by atoms with E-state index in [1.165, 1.54) is 11.3 Å². The smallest absolute Gasteiger partial charge is 0.245 e. The van der Waals surface area contributed by atoms with Crippen molar-refractivity contribution in [1.82, 2.24) is 14.0 Å². The van der Waals surface area contributed by atoms with Crippen LogP contribution in [0.25, 0.3) is 0 Å². The van der Waals surface area contributed by atoms with Gasteiger partial charge in [-0.05, 0) is 25.7 Å². The Kier molecular flexibility index (Phi) is 4.37. The van der Waals surface area contributed by atoms with Gasteiger partial charge in [-0.3, -0.25) is 0 Å². The molecule has 0 bridgehead atoms. The number of thiazole rings is 1. The summed E-state index contributed by atoms with van der Waals surface area (Å²) in [7, 11) is -3.36. The number of hydrogen-bond acceptors (Lipinski definition) is 4. The third-order valence-corrected chi connectivity index (χ3v) is 5.52. The predicted octanol–water partition coefficient (Wildman–Crippen LogP) is 1.52. The molecule has 0 amide bonds. The van der Waals surface area contributed by atoms with Gasteiger partial charge in [0.2, 0.25) is 0 Å². The first-order valence-corrected chi connectivity index (χ1v) is 8.45. The van der Waals surface area contributed by atoms with E-state index in [1.807, 2.05) is 12.3 Å². The minimum absolute atomic E-state index is 0.283. The Balaban J connectivity index is 1.94. The normalized spacial score (nSPS) is 22.2. The topological polar surface area (TPSA) is 62.3 Å². The lowest BCUT2D eigenvalue weighted by molar-refractivity contribution is 0.278. The molecule has 0 aromatic carbocycles. The predicted molar refractivity (Wildman–Crippen MR) is 72.6 cm³/mol. The first-order valence-electron chi connectivity index (χ1n) is 6.13. The maximum Gasteiger partial charge on any atom is 0.279 e. The van der Waals surface area contributed by atoms with E-state index < -0.39 is 10.2 Å². The molecule has 0 radical (unpaired) electrons. The lowest BCUT2D eigenvalue weighted by atomic mass is 10.0. The summed E-state index contributed by atoms with van der Waals surface area (Å²) in [6.45, 7) is 5.52. The average molecular weight is 289 g/mol. The Bertz CT molecular complexity index is 498. The molecule has 1 fully saturated rings. The first-order chi connectivity index (χ1) is 8.47. The van der Waals surface area contributed by atoms with E-state index in [0.29, 0.717) is 19.0 Å². The highest BCUT2D eigenvalue weighted by atomic mass is 32.2. The van der Waals surface area contributed by atoms with Crippen molar-refractivity contribution >= 4 is 21.5 Å². The summed E-state index contributed by atoms with van der Waals surface area (Å²) in [4.78, 5) is 4.25. The van der Waals surface area contributed by atoms with Gasteiger partial charge in [0.1, 0.15) is 5.01 Å². The van der Waals surface area contributed by atoms with Crippen LogP contribution in [0, 0.1) is 12.8 Å². The van der Waals surface area contributed by atoms with Gasteiger partial charge in [0.25, 0.3) is 10.2 Å². The number of aryl methyl sites for hydroxylation is 1. The first kappa shape index (κ1) is 13.9. The second-order valence-corrected chi connectivity index (χ2v) is 7.51. The van der Waals surface area contributed by atoms with Crippen molar-refractivity contribution in [1.29, 1.82) is 0 Å². The van der Waals surface area contributed by atoms with E-state index in [2.05, 4.69) is 16.6 Å². The summed E-state index contributed by atoms with van der Waals surface area (Å²) in [5.41, 5.74) is 0.931. The van der Waals surface area contributed by atoms with Gasteiger partial charge < -0.3 is 0 Å². The van der Waals surface area contributed by atoms with Crippen molar-refractivity contribution in [3.63, 3.8) is 0 Å². The number of nitrogens with zero attached hydrogens (tertiary/aromatic N) is 2. The van der Waals surface area contributed by atoms with Crippen molar-refractivity contribution < 1.29 is 8.42 Å². The largest absolute Gasteiger partial charge is 0.279 e. The Morgan fingerprint density at radius 1 is 1.61 bits per heavy atom. The molecule has 0 spiro atoms. The molecule has 1 aliphatic rings. The van der Waals surface area contributed by atoms with Crippen LogP contribution < -0.4 is 4.72 Å². The van der Waals surface area contributed by atoms with Gasteiger partial charge in [0.05, 0.1) is 6.54 Å². The van der Waals surface area contributed by atoms with Crippen LogP contribution in [0.15, 0.2) is 5.38 Å². The van der Waals surface area contributed by atoms with Crippen molar-refractivity contribution in [3.8, 4) is 0 Å². The Morgan fingerprint density at radius 3 is 3.00 bits per heavy atom. The van der Waals surface area contributed by atoms with Crippen LogP contribution in [0.4, 0.5) is 0 Å². The zero-order chi connectivity index (χ0) is 13.2. The fourth-order valence-corrected chi connectivity index (χ4v) is 4.22. The summed E-state index contributed by atoms with van der Waals surface area (Å²) in [6, 6.07) is 0. The molecule has 102 valence electrons. The molecule has 1 saturated heterocycles. The van der Waals surface area contributed by atoms with Crippen LogP contribution in [-0.4, -0.2) is 30.8 Å². The maximum absolute atomic E-state index is 12.1. The number of nitrogens with one attached hydrogen (secondary N) is 1. The van der Waals surface area contributed by atoms with Crippen LogP contribution in [0.3, 0.4) is 0 Å². The molecule has 1 aromatic heterocycles. The van der Waals surface area contributed by atoms with E-state index >= 15 is 0 Å². The molecule has 1 N–H and O–H groups in total. The quantitative estimate of drug-likeness (QED) is 0.914. The van der Waals surface area contributed by atoms with Gasteiger partial charge in [0.15, 0.2) is 0 Å². The van der Waals surface area contributed by atoms with Gasteiger partial charge in [-0.1, -0.05) is 6.92 Å². The van der Waals surface area contributed by atoms with E-state index in [9.17, 15) is 8.42 Å². The molecular weight excluding hydrogens is 270 g/mol. The molecular formula is C11H19N3O2S2. The lowest BCUT2D eigenvalue weighted by Crippen LogP contribution is -2.45. The number of piperidine rings is 1. The molecule has 7 heteroatoms. The third kappa shape index (κ3) is 3.50. The Hall–Kier alpha value is -0.500. The summed E-state index contributed by atoms with van der Waals surface area (Å²) >= 11 is 1.48. The summed E-state index contributed by atoms with van der Waals surface area (Å²) in [5, 5.41) is 2.73. The van der Waals surface area contributed by atoms with E-state index in [1.54, 1.807) is 4.31 Å². The standard InChI is InChI=1S/C11H19N3O2S2/c1-9-4-3-5-14(7-9)18(15,16)12-6-11-13-10(2)8-17-11/h8-9,12H,3-7H2,1-2H3. The monoisotopic (exact) mass is 289 g/mol. The van der Waals surface area contributed by atoms with Gasteiger partial charge >= 0.3 is 0 Å². The van der Waals surface area contributed by atoms with Crippen LogP contribution in [0.5, 0.6) is 0 Å². The van der Waals surface area contributed by atoms with Crippen molar-refractivity contribution in [2.45, 2.75) is 33.2 Å². The minimum atomic E-state index is -3.36. The second-order valence-electron chi connectivity index (χ2n) is 4.81. The molecule has 18 heavy (non-hydrogen) atoms. The van der Waals surface area contributed by atoms with Crippen LogP contribution in [0.1, 0.15) is 30.5 Å². The van der Waals surface area contributed by atoms with Gasteiger partial charge in [-0.2, -0.15) is 17.4 Å². The Labute approximate surface area is 112 Å². The van der Waals surface area contributed by atoms with Crippen LogP contribution in [-0.2, 0) is 16.8 Å². The van der Waals surface area contributed by atoms with E-state index in [0.717, 1.165) is 23.5 Å². The van der Waals surface area contributed by atoms with Crippen molar-refractivity contribution in [2.75, 3.05) is 13.1 Å². The maximum atomic E-state index is 12.1. The second kappa shape index (κ2) is 5.64. The number of rotatable bonds is 4. The third-order valence-electron chi connectivity index (χ3n) is 3.03. The van der Waals surface area contributed by atoms with Crippen molar-refractivity contribution in [3.05, 3.63) is 16.1 Å². The van der Waals surface area contributed by atoms with Crippen LogP contribution in [0.2, 0.25) is 0 Å². The Morgan fingerprint density at radius 2 is 2.39 bits per heavy atom. The molecule has 1 unspecified atom stereocenters. The highest BCUT2D eigenvalue weighted by Crippen LogP contribution is 2.18. The van der Waals surface area contributed by atoms with E-state index in [-0.39, 0.29) is 6.54 Å². The minimum Gasteiger partial charge on any atom is -0.245 e. The van der Waals surface area contributed by atoms with Gasteiger partial charge in [-0.25, -0.2) is 4.98 Å². The zero-order valence-electron chi connectivity index (χ0n) is 10.7. The molecule has 2 heterocycles. The summed E-state index contributed by atoms with van der Waals surface area (Å²) in [6.07, 6.45) is 2.05. The highest BCUT2D eigenvalue weighted by molar-refractivity contribution is 7.87. The molecule has 5 nitrogen and oxygen atoms in total. The van der Waals surface area contributed by atoms with Crippen molar-refractivity contribution in [2.24, 2.45) is 5.92 Å². The molecule has 1 atom stereocenters. The van der Waals surface area contributed by atoms with Gasteiger partial charge in [-0.15, -0.1) is 11.3 Å². The average Bonchev–Trinajstić information content (AvgIpc) is 2.73. The molecule has 0 saturated carbocycles. The SMILES string of the molecule is Cc1csc(CNS(=O)(=O)N2CCCC(C)C2)n1. The summed E-state index contributed by atoms with van der Waals surface area (Å²) in [5.74, 6) is 0.442. The fourth-order valence-electron chi connectivity index (χ4n) is 2.09. The fraction of sp³-hybridized carbons (Fsp3) is 0.727. The van der Waals surface area contributed by atoms with Gasteiger partial charge in [0, 0.05) is 24.2 Å². The highest BCUT2D eigenvalue weighted by Gasteiger charge is 2.26.